The number of halogens is 2. The van der Waals surface area contributed by atoms with Crippen molar-refractivity contribution in [2.45, 2.75) is 6.61 Å². The summed E-state index contributed by atoms with van der Waals surface area (Å²) >= 11 is 3.43. The predicted octanol–water partition coefficient (Wildman–Crippen LogP) is 5.59. The van der Waals surface area contributed by atoms with Gasteiger partial charge in [0.1, 0.15) is 18.0 Å². The molecule has 9 nitrogen and oxygen atoms in total. The zero-order valence-corrected chi connectivity index (χ0v) is 19.7. The van der Waals surface area contributed by atoms with Gasteiger partial charge in [0.05, 0.1) is 18.2 Å². The molecule has 1 amide bonds. The largest absolute Gasteiger partial charge is 0.493 e. The summed E-state index contributed by atoms with van der Waals surface area (Å²) in [5.41, 5.74) is 3.83. The molecule has 0 radical (unpaired) electrons. The van der Waals surface area contributed by atoms with Gasteiger partial charge in [-0.05, 0) is 57.9 Å². The van der Waals surface area contributed by atoms with E-state index in [0.717, 1.165) is 0 Å². The summed E-state index contributed by atoms with van der Waals surface area (Å²) in [5.74, 6) is -0.178. The lowest BCUT2D eigenvalue weighted by Crippen LogP contribution is -2.16. The Labute approximate surface area is 206 Å². The molecule has 11 heteroatoms. The van der Waals surface area contributed by atoms with Crippen LogP contribution in [0.5, 0.6) is 11.5 Å². The number of nitrogens with one attached hydrogen (secondary N) is 1. The zero-order valence-electron chi connectivity index (χ0n) is 18.2. The number of hydrogen-bond acceptors (Lipinski definition) is 7. The van der Waals surface area contributed by atoms with Crippen molar-refractivity contribution in [3.8, 4) is 11.5 Å². The van der Waals surface area contributed by atoms with Gasteiger partial charge in [0.2, 0.25) is 0 Å². The molecule has 0 unspecified atom stereocenters. The highest BCUT2D eigenvalue weighted by Crippen LogP contribution is 2.33. The predicted molar refractivity (Wildman–Crippen MR) is 129 cm³/mol. The quantitative estimate of drug-likeness (QED) is 0.176. The number of methoxy groups -OCH3 is 1. The van der Waals surface area contributed by atoms with Crippen LogP contribution in [0.15, 0.2) is 74.7 Å². The standard InChI is InChI=1S/C24H17BrFN3O6/c1-33-21-10-16(19(25)11-22(21)34-13-14-3-2-4-17(26)7-14)12-27-28-24(30)23-9-15-8-18(29(31)32)5-6-20(15)35-23/h2-12H,13H2,1H3,(H,28,30)/b27-12+. The van der Waals surface area contributed by atoms with E-state index in [0.29, 0.717) is 38.1 Å². The first kappa shape index (κ1) is 23.9. The summed E-state index contributed by atoms with van der Waals surface area (Å²) < 4.78 is 30.6. The molecule has 0 atom stereocenters. The highest BCUT2D eigenvalue weighted by molar-refractivity contribution is 9.10. The zero-order chi connectivity index (χ0) is 24.9. The first-order valence-corrected chi connectivity index (χ1v) is 10.9. The first-order chi connectivity index (χ1) is 16.8. The van der Waals surface area contributed by atoms with Gasteiger partial charge in [0.25, 0.3) is 5.69 Å². The van der Waals surface area contributed by atoms with Crippen LogP contribution in [0.3, 0.4) is 0 Å². The van der Waals surface area contributed by atoms with Gasteiger partial charge in [-0.2, -0.15) is 5.10 Å². The normalized spacial score (nSPS) is 11.1. The number of non-ortho nitro benzene ring substituents is 1. The van der Waals surface area contributed by atoms with Crippen molar-refractivity contribution < 1.29 is 28.0 Å². The third-order valence-corrected chi connectivity index (χ3v) is 5.56. The molecular weight excluding hydrogens is 525 g/mol. The van der Waals surface area contributed by atoms with Gasteiger partial charge in [-0.3, -0.25) is 14.9 Å². The Morgan fingerprint density at radius 2 is 2.03 bits per heavy atom. The fourth-order valence-electron chi connectivity index (χ4n) is 3.18. The highest BCUT2D eigenvalue weighted by Gasteiger charge is 2.15. The number of nitrogens with zero attached hydrogens (tertiary/aromatic N) is 2. The number of furan rings is 1. The molecule has 0 fully saturated rings. The number of rotatable bonds is 8. The lowest BCUT2D eigenvalue weighted by atomic mass is 10.2. The van der Waals surface area contributed by atoms with E-state index < -0.39 is 10.8 Å². The summed E-state index contributed by atoms with van der Waals surface area (Å²) in [6, 6.07) is 14.9. The van der Waals surface area contributed by atoms with E-state index in [1.54, 1.807) is 24.3 Å². The van der Waals surface area contributed by atoms with Crippen molar-refractivity contribution in [2.24, 2.45) is 5.10 Å². The average molecular weight is 542 g/mol. The molecule has 4 aromatic rings. The van der Waals surface area contributed by atoms with Crippen LogP contribution in [-0.2, 0) is 6.61 Å². The third kappa shape index (κ3) is 5.64. The van der Waals surface area contributed by atoms with Crippen molar-refractivity contribution in [3.63, 3.8) is 0 Å². The molecule has 0 bridgehead atoms. The fourth-order valence-corrected chi connectivity index (χ4v) is 3.61. The molecule has 1 heterocycles. The summed E-state index contributed by atoms with van der Waals surface area (Å²) in [7, 11) is 1.48. The van der Waals surface area contributed by atoms with Crippen molar-refractivity contribution in [2.75, 3.05) is 7.11 Å². The van der Waals surface area contributed by atoms with Gasteiger partial charge in [-0.15, -0.1) is 0 Å². The maximum Gasteiger partial charge on any atom is 0.307 e. The number of carbonyl (C=O) groups excluding carboxylic acids is 1. The molecule has 35 heavy (non-hydrogen) atoms. The smallest absolute Gasteiger partial charge is 0.307 e. The van der Waals surface area contributed by atoms with E-state index in [-0.39, 0.29) is 23.9 Å². The molecule has 0 aliphatic heterocycles. The Bertz CT molecular complexity index is 1450. The lowest BCUT2D eigenvalue weighted by Gasteiger charge is -2.13. The second-order valence-corrected chi connectivity index (χ2v) is 8.09. The van der Waals surface area contributed by atoms with Crippen molar-refractivity contribution in [3.05, 3.63) is 98.0 Å². The summed E-state index contributed by atoms with van der Waals surface area (Å²) in [6.07, 6.45) is 1.40. The second-order valence-electron chi connectivity index (χ2n) is 7.23. The number of hydrogen-bond donors (Lipinski definition) is 1. The van der Waals surface area contributed by atoms with Crippen LogP contribution < -0.4 is 14.9 Å². The van der Waals surface area contributed by atoms with E-state index in [1.165, 1.54) is 49.7 Å². The van der Waals surface area contributed by atoms with Crippen LogP contribution in [0.1, 0.15) is 21.7 Å². The Kier molecular flexibility index (Phi) is 7.06. The van der Waals surface area contributed by atoms with Crippen LogP contribution >= 0.6 is 15.9 Å². The van der Waals surface area contributed by atoms with E-state index in [4.69, 9.17) is 13.9 Å². The Morgan fingerprint density at radius 1 is 1.20 bits per heavy atom. The van der Waals surface area contributed by atoms with Gasteiger partial charge < -0.3 is 13.9 Å². The summed E-state index contributed by atoms with van der Waals surface area (Å²) in [5, 5.41) is 15.3. The minimum Gasteiger partial charge on any atom is -0.493 e. The number of amides is 1. The van der Waals surface area contributed by atoms with Crippen molar-refractivity contribution in [1.82, 2.24) is 5.43 Å². The number of fused-ring (bicyclic) bond motifs is 1. The molecule has 178 valence electrons. The van der Waals surface area contributed by atoms with Gasteiger partial charge >= 0.3 is 5.91 Å². The molecule has 0 spiro atoms. The molecule has 1 aromatic heterocycles. The lowest BCUT2D eigenvalue weighted by molar-refractivity contribution is -0.384. The van der Waals surface area contributed by atoms with Crippen molar-refractivity contribution in [1.29, 1.82) is 0 Å². The highest BCUT2D eigenvalue weighted by atomic mass is 79.9. The molecule has 4 rings (SSSR count). The number of nitro benzene ring substituents is 1. The SMILES string of the molecule is COc1cc(/C=N/NC(=O)c2cc3cc([N+](=O)[O-])ccc3o2)c(Br)cc1OCc1cccc(F)c1. The minimum absolute atomic E-state index is 0.0459. The molecular formula is C24H17BrFN3O6. The average Bonchev–Trinajstić information content (AvgIpc) is 3.27. The van der Waals surface area contributed by atoms with E-state index >= 15 is 0 Å². The van der Waals surface area contributed by atoms with Crippen molar-refractivity contribution >= 4 is 44.7 Å². The summed E-state index contributed by atoms with van der Waals surface area (Å²) in [4.78, 5) is 22.8. The molecule has 0 saturated heterocycles. The summed E-state index contributed by atoms with van der Waals surface area (Å²) in [6.45, 7) is 0.144. The maximum atomic E-state index is 13.4. The van der Waals surface area contributed by atoms with Crippen LogP contribution in [0.4, 0.5) is 10.1 Å². The van der Waals surface area contributed by atoms with E-state index in [2.05, 4.69) is 26.5 Å². The van der Waals surface area contributed by atoms with Gasteiger partial charge in [-0.1, -0.05) is 12.1 Å². The fraction of sp³-hybridized carbons (Fsp3) is 0.0833. The number of benzene rings is 3. The topological polar surface area (TPSA) is 116 Å². The van der Waals surface area contributed by atoms with Crippen LogP contribution in [0, 0.1) is 15.9 Å². The van der Waals surface area contributed by atoms with E-state index in [1.807, 2.05) is 0 Å². The number of nitro groups is 1. The van der Waals surface area contributed by atoms with Gasteiger partial charge in [0.15, 0.2) is 17.3 Å². The van der Waals surface area contributed by atoms with Crippen LogP contribution in [0.25, 0.3) is 11.0 Å². The minimum atomic E-state index is -0.627. The van der Waals surface area contributed by atoms with Gasteiger partial charge in [-0.25, -0.2) is 9.82 Å². The number of carbonyl (C=O) groups is 1. The number of ether oxygens (including phenoxy) is 2. The molecule has 1 N–H and O–H groups in total. The molecule has 0 saturated carbocycles. The first-order valence-electron chi connectivity index (χ1n) is 10.1. The molecule has 0 aliphatic carbocycles. The number of hydrazone groups is 1. The van der Waals surface area contributed by atoms with Gasteiger partial charge in [0, 0.05) is 27.6 Å². The van der Waals surface area contributed by atoms with Crippen LogP contribution in [-0.4, -0.2) is 24.2 Å². The Balaban J connectivity index is 1.45. The Morgan fingerprint density at radius 3 is 2.77 bits per heavy atom. The Hall–Kier alpha value is -4.25. The maximum absolute atomic E-state index is 13.4. The second kappa shape index (κ2) is 10.3. The molecule has 3 aromatic carbocycles. The van der Waals surface area contributed by atoms with E-state index in [9.17, 15) is 19.3 Å². The molecule has 0 aliphatic rings. The third-order valence-electron chi connectivity index (χ3n) is 4.87. The monoisotopic (exact) mass is 541 g/mol. The van der Waals surface area contributed by atoms with Crippen LogP contribution in [0.2, 0.25) is 0 Å².